The van der Waals surface area contributed by atoms with Crippen LogP contribution in [0.1, 0.15) is 5.56 Å². The second-order valence-corrected chi connectivity index (χ2v) is 6.10. The third-order valence-corrected chi connectivity index (χ3v) is 4.39. The minimum atomic E-state index is -3.85. The molecule has 0 amide bonds. The van der Waals surface area contributed by atoms with Crippen LogP contribution >= 0.6 is 0 Å². The first-order chi connectivity index (χ1) is 9.85. The fourth-order valence-corrected chi connectivity index (χ4v) is 2.92. The fourth-order valence-electron chi connectivity index (χ4n) is 1.78. The molecule has 0 heterocycles. The molecule has 5 nitrogen and oxygen atoms in total. The van der Waals surface area contributed by atoms with Crippen LogP contribution in [0.15, 0.2) is 41.3 Å². The highest BCUT2D eigenvalue weighted by Gasteiger charge is 2.17. The van der Waals surface area contributed by atoms with Crippen LogP contribution in [0.4, 0.5) is 15.8 Å². The highest BCUT2D eigenvalue weighted by molar-refractivity contribution is 7.92. The molecule has 2 aromatic rings. The summed E-state index contributed by atoms with van der Waals surface area (Å²) < 4.78 is 45.4. The topological polar surface area (TPSA) is 81.4 Å². The summed E-state index contributed by atoms with van der Waals surface area (Å²) in [5, 5.41) is 0. The summed E-state index contributed by atoms with van der Waals surface area (Å²) in [5.74, 6) is -0.223. The number of methoxy groups -OCH3 is 1. The third kappa shape index (κ3) is 3.08. The second kappa shape index (κ2) is 5.61. The van der Waals surface area contributed by atoms with E-state index in [0.29, 0.717) is 5.69 Å². The Balaban J connectivity index is 2.41. The Bertz CT molecular complexity index is 776. The van der Waals surface area contributed by atoms with Gasteiger partial charge in [-0.3, -0.25) is 4.72 Å². The lowest BCUT2D eigenvalue weighted by Gasteiger charge is -2.12. The predicted molar refractivity (Wildman–Crippen MR) is 79.4 cm³/mol. The first-order valence-electron chi connectivity index (χ1n) is 6.06. The quantitative estimate of drug-likeness (QED) is 0.850. The molecule has 0 saturated carbocycles. The van der Waals surface area contributed by atoms with Crippen molar-refractivity contribution in [1.29, 1.82) is 0 Å². The molecule has 0 aromatic heterocycles. The summed E-state index contributed by atoms with van der Waals surface area (Å²) in [5.41, 5.74) is 6.39. The van der Waals surface area contributed by atoms with E-state index in [2.05, 4.69) is 4.72 Å². The number of sulfonamides is 1. The molecule has 3 N–H and O–H groups in total. The molecule has 21 heavy (non-hydrogen) atoms. The Labute approximate surface area is 122 Å². The van der Waals surface area contributed by atoms with Gasteiger partial charge in [-0.05, 0) is 31.2 Å². The highest BCUT2D eigenvalue weighted by atomic mass is 32.2. The minimum Gasteiger partial charge on any atom is -0.495 e. The van der Waals surface area contributed by atoms with Gasteiger partial charge in [0.2, 0.25) is 0 Å². The number of hydrogen-bond donors (Lipinski definition) is 2. The molecule has 112 valence electrons. The van der Waals surface area contributed by atoms with Crippen LogP contribution in [-0.4, -0.2) is 15.5 Å². The number of ether oxygens (including phenoxy) is 1. The summed E-state index contributed by atoms with van der Waals surface area (Å²) in [6, 6.07) is 8.29. The van der Waals surface area contributed by atoms with Gasteiger partial charge < -0.3 is 10.5 Å². The average molecular weight is 310 g/mol. The number of nitrogens with two attached hydrogens (primary N) is 1. The van der Waals surface area contributed by atoms with Gasteiger partial charge in [0, 0.05) is 11.6 Å². The lowest BCUT2D eigenvalue weighted by atomic mass is 10.2. The SMILES string of the molecule is COc1cc(S(=O)(=O)Nc2cccc(F)c2C)ccc1N. The van der Waals surface area contributed by atoms with Gasteiger partial charge in [-0.15, -0.1) is 0 Å². The van der Waals surface area contributed by atoms with Crippen molar-refractivity contribution in [2.45, 2.75) is 11.8 Å². The largest absolute Gasteiger partial charge is 0.495 e. The summed E-state index contributed by atoms with van der Waals surface area (Å²) >= 11 is 0. The summed E-state index contributed by atoms with van der Waals surface area (Å²) in [6.45, 7) is 1.50. The number of anilines is 2. The zero-order valence-electron chi connectivity index (χ0n) is 11.6. The van der Waals surface area contributed by atoms with Crippen LogP contribution in [0, 0.1) is 12.7 Å². The van der Waals surface area contributed by atoms with E-state index in [4.69, 9.17) is 10.5 Å². The second-order valence-electron chi connectivity index (χ2n) is 4.42. The maximum Gasteiger partial charge on any atom is 0.262 e. The first kappa shape index (κ1) is 15.1. The third-order valence-electron chi connectivity index (χ3n) is 3.03. The Morgan fingerprint density at radius 3 is 2.62 bits per heavy atom. The number of hydrogen-bond acceptors (Lipinski definition) is 4. The molecule has 7 heteroatoms. The van der Waals surface area contributed by atoms with Gasteiger partial charge in [-0.1, -0.05) is 6.07 Å². The van der Waals surface area contributed by atoms with E-state index in [1.807, 2.05) is 0 Å². The van der Waals surface area contributed by atoms with E-state index in [9.17, 15) is 12.8 Å². The van der Waals surface area contributed by atoms with Crippen LogP contribution in [-0.2, 0) is 10.0 Å². The van der Waals surface area contributed by atoms with Crippen molar-refractivity contribution in [2.75, 3.05) is 17.6 Å². The summed E-state index contributed by atoms with van der Waals surface area (Å²) in [4.78, 5) is -0.0165. The lowest BCUT2D eigenvalue weighted by Crippen LogP contribution is -2.14. The number of benzene rings is 2. The predicted octanol–water partition coefficient (Wildman–Crippen LogP) is 2.53. The van der Waals surface area contributed by atoms with Gasteiger partial charge in [0.1, 0.15) is 11.6 Å². The van der Waals surface area contributed by atoms with Crippen LogP contribution in [0.5, 0.6) is 5.75 Å². The maximum absolute atomic E-state index is 13.5. The van der Waals surface area contributed by atoms with Crippen molar-refractivity contribution in [2.24, 2.45) is 0 Å². The molecule has 0 aliphatic carbocycles. The normalized spacial score (nSPS) is 11.2. The Morgan fingerprint density at radius 1 is 1.24 bits per heavy atom. The van der Waals surface area contributed by atoms with Crippen LogP contribution in [0.2, 0.25) is 0 Å². The molecule has 0 bridgehead atoms. The first-order valence-corrected chi connectivity index (χ1v) is 7.55. The molecule has 0 spiro atoms. The zero-order chi connectivity index (χ0) is 15.6. The molecule has 0 unspecified atom stereocenters. The van der Waals surface area contributed by atoms with Crippen molar-refractivity contribution in [3.63, 3.8) is 0 Å². The fraction of sp³-hybridized carbons (Fsp3) is 0.143. The van der Waals surface area contributed by atoms with E-state index < -0.39 is 15.8 Å². The van der Waals surface area contributed by atoms with Crippen LogP contribution < -0.4 is 15.2 Å². The van der Waals surface area contributed by atoms with E-state index in [1.165, 1.54) is 50.4 Å². The molecule has 2 rings (SSSR count). The van der Waals surface area contributed by atoms with Crippen LogP contribution in [0.3, 0.4) is 0 Å². The number of halogens is 1. The molecule has 0 saturated heterocycles. The number of rotatable bonds is 4. The van der Waals surface area contributed by atoms with E-state index in [1.54, 1.807) is 0 Å². The monoisotopic (exact) mass is 310 g/mol. The lowest BCUT2D eigenvalue weighted by molar-refractivity contribution is 0.415. The van der Waals surface area contributed by atoms with Gasteiger partial charge in [0.15, 0.2) is 0 Å². The Hall–Kier alpha value is -2.28. The minimum absolute atomic E-state index is 0.0165. The molecule has 0 fully saturated rings. The molecule has 2 aromatic carbocycles. The van der Waals surface area contributed by atoms with Crippen molar-refractivity contribution in [1.82, 2.24) is 0 Å². The van der Waals surface area contributed by atoms with Crippen molar-refractivity contribution >= 4 is 21.4 Å². The molecule has 0 radical (unpaired) electrons. The summed E-state index contributed by atoms with van der Waals surface area (Å²) in [6.07, 6.45) is 0. The van der Waals surface area contributed by atoms with Crippen molar-refractivity contribution in [3.8, 4) is 5.75 Å². The molecule has 0 aliphatic rings. The van der Waals surface area contributed by atoms with Crippen molar-refractivity contribution in [3.05, 3.63) is 47.8 Å². The van der Waals surface area contributed by atoms with Gasteiger partial charge in [-0.25, -0.2) is 12.8 Å². The Kier molecular flexibility index (Phi) is 4.04. The van der Waals surface area contributed by atoms with Gasteiger partial charge in [0.25, 0.3) is 10.0 Å². The summed E-state index contributed by atoms with van der Waals surface area (Å²) in [7, 11) is -2.46. The molecule has 0 aliphatic heterocycles. The van der Waals surface area contributed by atoms with Gasteiger partial charge >= 0.3 is 0 Å². The van der Waals surface area contributed by atoms with Gasteiger partial charge in [0.05, 0.1) is 23.4 Å². The zero-order valence-corrected chi connectivity index (χ0v) is 12.4. The molecular weight excluding hydrogens is 295 g/mol. The maximum atomic E-state index is 13.5. The van der Waals surface area contributed by atoms with Gasteiger partial charge in [-0.2, -0.15) is 0 Å². The highest BCUT2D eigenvalue weighted by Crippen LogP contribution is 2.27. The van der Waals surface area contributed by atoms with Crippen LogP contribution in [0.25, 0.3) is 0 Å². The van der Waals surface area contributed by atoms with E-state index in [0.717, 1.165) is 0 Å². The molecular formula is C14H15FN2O3S. The number of nitrogen functional groups attached to an aromatic ring is 1. The van der Waals surface area contributed by atoms with Crippen molar-refractivity contribution < 1.29 is 17.5 Å². The Morgan fingerprint density at radius 2 is 1.95 bits per heavy atom. The smallest absolute Gasteiger partial charge is 0.262 e. The van der Waals surface area contributed by atoms with E-state index >= 15 is 0 Å². The average Bonchev–Trinajstić information content (AvgIpc) is 2.44. The standard InChI is InChI=1S/C14H15FN2O3S/c1-9-11(15)4-3-5-13(9)17-21(18,19)10-6-7-12(16)14(8-10)20-2/h3-8,17H,16H2,1-2H3. The van der Waals surface area contributed by atoms with E-state index in [-0.39, 0.29) is 21.9 Å². The number of nitrogens with one attached hydrogen (secondary N) is 1. The molecule has 0 atom stereocenters.